The molecule has 0 bridgehead atoms. The highest BCUT2D eigenvalue weighted by atomic mass is 16.7. The number of nitrogens with zero attached hydrogens (tertiary/aromatic N) is 1. The van der Waals surface area contributed by atoms with Gasteiger partial charge in [-0.1, -0.05) is 12.1 Å². The van der Waals surface area contributed by atoms with Gasteiger partial charge >= 0.3 is 0 Å². The monoisotopic (exact) mass is 333 g/mol. The van der Waals surface area contributed by atoms with Crippen molar-refractivity contribution < 1.29 is 19.0 Å². The first-order chi connectivity index (χ1) is 11.8. The minimum atomic E-state index is -0.0441. The predicted molar refractivity (Wildman–Crippen MR) is 90.9 cm³/mol. The molecule has 2 heterocycles. The first kappa shape index (κ1) is 17.2. The molecule has 24 heavy (non-hydrogen) atoms. The Hall–Kier alpha value is -1.59. The van der Waals surface area contributed by atoms with E-state index in [-0.39, 0.29) is 12.2 Å². The van der Waals surface area contributed by atoms with Crippen LogP contribution in [-0.4, -0.2) is 50.5 Å². The highest BCUT2D eigenvalue weighted by molar-refractivity contribution is 5.76. The van der Waals surface area contributed by atoms with E-state index in [1.54, 1.807) is 7.11 Å². The average molecular weight is 333 g/mol. The topological polar surface area (TPSA) is 48.0 Å². The van der Waals surface area contributed by atoms with Gasteiger partial charge in [0.15, 0.2) is 6.29 Å². The molecule has 3 rings (SSSR count). The molecule has 0 spiro atoms. The van der Waals surface area contributed by atoms with Gasteiger partial charge in [-0.2, -0.15) is 0 Å². The Kier molecular flexibility index (Phi) is 6.10. The number of hydrogen-bond donors (Lipinski definition) is 0. The third-order valence-electron chi connectivity index (χ3n) is 4.94. The highest BCUT2D eigenvalue weighted by Crippen LogP contribution is 2.26. The number of amides is 1. The van der Waals surface area contributed by atoms with Crippen LogP contribution >= 0.6 is 0 Å². The van der Waals surface area contributed by atoms with Gasteiger partial charge in [0, 0.05) is 25.4 Å². The summed E-state index contributed by atoms with van der Waals surface area (Å²) in [6, 6.07) is 8.07. The Morgan fingerprint density at radius 3 is 2.46 bits per heavy atom. The number of aryl methyl sites for hydroxylation is 1. The molecule has 1 aromatic carbocycles. The van der Waals surface area contributed by atoms with Gasteiger partial charge in [0.1, 0.15) is 5.75 Å². The van der Waals surface area contributed by atoms with E-state index in [4.69, 9.17) is 14.2 Å². The predicted octanol–water partition coefficient (Wildman–Crippen LogP) is 2.63. The fraction of sp³-hybridized carbons (Fsp3) is 0.632. The number of piperidine rings is 1. The van der Waals surface area contributed by atoms with Crippen molar-refractivity contribution in [3.63, 3.8) is 0 Å². The first-order valence-corrected chi connectivity index (χ1v) is 8.90. The van der Waals surface area contributed by atoms with Crippen LogP contribution in [0.25, 0.3) is 0 Å². The Bertz CT molecular complexity index is 517. The number of carbonyl (C=O) groups is 1. The SMILES string of the molecule is COc1ccc(CCCC(=O)N2CCC(C3OCCO3)CC2)cc1. The maximum absolute atomic E-state index is 12.4. The zero-order valence-corrected chi connectivity index (χ0v) is 14.4. The van der Waals surface area contributed by atoms with E-state index in [1.165, 1.54) is 5.56 Å². The van der Waals surface area contributed by atoms with Crippen LogP contribution in [0.1, 0.15) is 31.2 Å². The molecule has 2 aliphatic heterocycles. The second kappa shape index (κ2) is 8.49. The van der Waals surface area contributed by atoms with Crippen LogP contribution in [0.2, 0.25) is 0 Å². The summed E-state index contributed by atoms with van der Waals surface area (Å²) in [5.41, 5.74) is 1.25. The molecule has 5 nitrogen and oxygen atoms in total. The summed E-state index contributed by atoms with van der Waals surface area (Å²) in [4.78, 5) is 14.4. The number of rotatable bonds is 6. The number of likely N-dealkylation sites (tertiary alicyclic amines) is 1. The Labute approximate surface area is 143 Å². The van der Waals surface area contributed by atoms with Crippen molar-refractivity contribution in [3.8, 4) is 5.75 Å². The molecule has 0 N–H and O–H groups in total. The van der Waals surface area contributed by atoms with Crippen LogP contribution in [0.15, 0.2) is 24.3 Å². The van der Waals surface area contributed by atoms with E-state index < -0.39 is 0 Å². The molecule has 2 saturated heterocycles. The van der Waals surface area contributed by atoms with Gasteiger partial charge in [-0.25, -0.2) is 0 Å². The molecule has 1 aromatic rings. The quantitative estimate of drug-likeness (QED) is 0.803. The molecule has 0 atom stereocenters. The van der Waals surface area contributed by atoms with Crippen LogP contribution in [0.5, 0.6) is 5.75 Å². The molecular formula is C19H27NO4. The molecule has 132 valence electrons. The normalized spacial score (nSPS) is 19.6. The first-order valence-electron chi connectivity index (χ1n) is 8.90. The van der Waals surface area contributed by atoms with Crippen molar-refractivity contribution in [1.82, 2.24) is 4.90 Å². The van der Waals surface area contributed by atoms with Crippen molar-refractivity contribution in [3.05, 3.63) is 29.8 Å². The molecular weight excluding hydrogens is 306 g/mol. The summed E-state index contributed by atoms with van der Waals surface area (Å²) >= 11 is 0. The van der Waals surface area contributed by atoms with E-state index >= 15 is 0 Å². The molecule has 0 saturated carbocycles. The second-order valence-electron chi connectivity index (χ2n) is 6.53. The molecule has 2 fully saturated rings. The number of ether oxygens (including phenoxy) is 3. The fourth-order valence-electron chi connectivity index (χ4n) is 3.46. The number of methoxy groups -OCH3 is 1. The summed E-state index contributed by atoms with van der Waals surface area (Å²) in [6.45, 7) is 3.06. The van der Waals surface area contributed by atoms with E-state index in [0.717, 1.165) is 44.5 Å². The van der Waals surface area contributed by atoms with Crippen molar-refractivity contribution in [1.29, 1.82) is 0 Å². The molecule has 5 heteroatoms. The Morgan fingerprint density at radius 2 is 1.83 bits per heavy atom. The summed E-state index contributed by atoms with van der Waals surface area (Å²) in [5.74, 6) is 1.58. The van der Waals surface area contributed by atoms with Gasteiger partial charge < -0.3 is 19.1 Å². The Balaban J connectivity index is 1.36. The fourth-order valence-corrected chi connectivity index (χ4v) is 3.46. The van der Waals surface area contributed by atoms with Gasteiger partial charge in [-0.15, -0.1) is 0 Å². The summed E-state index contributed by atoms with van der Waals surface area (Å²) in [5, 5.41) is 0. The summed E-state index contributed by atoms with van der Waals surface area (Å²) in [7, 11) is 1.67. The molecule has 2 aliphatic rings. The van der Waals surface area contributed by atoms with Crippen LogP contribution in [0, 0.1) is 5.92 Å². The zero-order valence-electron chi connectivity index (χ0n) is 14.4. The molecule has 0 aromatic heterocycles. The number of carbonyl (C=O) groups excluding carboxylic acids is 1. The van der Waals surface area contributed by atoms with Gasteiger partial charge in [-0.3, -0.25) is 4.79 Å². The van der Waals surface area contributed by atoms with Gasteiger partial charge in [0.2, 0.25) is 5.91 Å². The van der Waals surface area contributed by atoms with Crippen molar-refractivity contribution in [2.45, 2.75) is 38.4 Å². The van der Waals surface area contributed by atoms with Crippen LogP contribution in [0.3, 0.4) is 0 Å². The van der Waals surface area contributed by atoms with Crippen LogP contribution < -0.4 is 4.74 Å². The van der Waals surface area contributed by atoms with Gasteiger partial charge in [0.05, 0.1) is 20.3 Å². The van der Waals surface area contributed by atoms with E-state index in [1.807, 2.05) is 17.0 Å². The third-order valence-corrected chi connectivity index (χ3v) is 4.94. The number of hydrogen-bond acceptors (Lipinski definition) is 4. The minimum Gasteiger partial charge on any atom is -0.497 e. The smallest absolute Gasteiger partial charge is 0.222 e. The lowest BCUT2D eigenvalue weighted by Crippen LogP contribution is -2.41. The zero-order chi connectivity index (χ0) is 16.8. The maximum atomic E-state index is 12.4. The van der Waals surface area contributed by atoms with Crippen molar-refractivity contribution in [2.75, 3.05) is 33.4 Å². The minimum absolute atomic E-state index is 0.0441. The largest absolute Gasteiger partial charge is 0.497 e. The second-order valence-corrected chi connectivity index (χ2v) is 6.53. The summed E-state index contributed by atoms with van der Waals surface area (Å²) < 4.78 is 16.3. The van der Waals surface area contributed by atoms with E-state index in [0.29, 0.717) is 25.6 Å². The lowest BCUT2D eigenvalue weighted by molar-refractivity contribution is -0.136. The highest BCUT2D eigenvalue weighted by Gasteiger charge is 2.31. The van der Waals surface area contributed by atoms with Crippen LogP contribution in [0.4, 0.5) is 0 Å². The third kappa shape index (κ3) is 4.48. The van der Waals surface area contributed by atoms with Crippen LogP contribution in [-0.2, 0) is 20.7 Å². The molecule has 0 aliphatic carbocycles. The lowest BCUT2D eigenvalue weighted by Gasteiger charge is -2.34. The standard InChI is InChI=1S/C19H27NO4/c1-22-17-7-5-15(6-8-17)3-2-4-18(21)20-11-9-16(10-12-20)19-23-13-14-24-19/h5-8,16,19H,2-4,9-14H2,1H3. The lowest BCUT2D eigenvalue weighted by atomic mass is 9.95. The van der Waals surface area contributed by atoms with Gasteiger partial charge in [-0.05, 0) is 43.4 Å². The Morgan fingerprint density at radius 1 is 1.17 bits per heavy atom. The van der Waals surface area contributed by atoms with E-state index in [2.05, 4.69) is 12.1 Å². The molecule has 0 radical (unpaired) electrons. The maximum Gasteiger partial charge on any atom is 0.222 e. The summed E-state index contributed by atoms with van der Waals surface area (Å²) in [6.07, 6.45) is 4.35. The van der Waals surface area contributed by atoms with Gasteiger partial charge in [0.25, 0.3) is 0 Å². The molecule has 1 amide bonds. The average Bonchev–Trinajstić information content (AvgIpc) is 3.17. The van der Waals surface area contributed by atoms with Crippen molar-refractivity contribution >= 4 is 5.91 Å². The van der Waals surface area contributed by atoms with E-state index in [9.17, 15) is 4.79 Å². The molecule has 0 unspecified atom stereocenters. The van der Waals surface area contributed by atoms with Crippen molar-refractivity contribution in [2.24, 2.45) is 5.92 Å². The number of benzene rings is 1.